The van der Waals surface area contributed by atoms with Crippen LogP contribution in [0, 0.1) is 0 Å². The topological polar surface area (TPSA) is 102 Å². The molecule has 0 unspecified atom stereocenters. The number of nitrogens with one attached hydrogen (secondary N) is 2. The maximum absolute atomic E-state index is 12.0. The third-order valence-electron chi connectivity index (χ3n) is 3.40. The van der Waals surface area contributed by atoms with Gasteiger partial charge in [-0.25, -0.2) is 14.6 Å². The molecule has 2 N–H and O–H groups in total. The van der Waals surface area contributed by atoms with Crippen molar-refractivity contribution in [2.24, 2.45) is 0 Å². The SMILES string of the molecule is CC(C)NC(=O)CSc1cc(-n2ccc(C(=O)NC3CC3)n2)ncn1. The molecule has 9 heteroatoms. The number of aromatic nitrogens is 4. The number of carbonyl (C=O) groups is 2. The average Bonchev–Trinajstić information content (AvgIpc) is 3.24. The molecule has 0 atom stereocenters. The van der Waals surface area contributed by atoms with Gasteiger partial charge in [0.05, 0.1) is 5.75 Å². The molecule has 0 spiro atoms. The van der Waals surface area contributed by atoms with E-state index in [1.54, 1.807) is 18.3 Å². The van der Waals surface area contributed by atoms with Gasteiger partial charge in [-0.15, -0.1) is 0 Å². The Hall–Kier alpha value is -2.42. The summed E-state index contributed by atoms with van der Waals surface area (Å²) in [6.07, 6.45) is 5.17. The molecule has 0 radical (unpaired) electrons. The number of hydrogen-bond donors (Lipinski definition) is 2. The third-order valence-corrected chi connectivity index (χ3v) is 4.32. The van der Waals surface area contributed by atoms with Gasteiger partial charge in [-0.05, 0) is 32.8 Å². The van der Waals surface area contributed by atoms with Crippen LogP contribution in [0.4, 0.5) is 0 Å². The average molecular weight is 360 g/mol. The molecule has 0 aromatic carbocycles. The van der Waals surface area contributed by atoms with Gasteiger partial charge in [0.2, 0.25) is 5.91 Å². The van der Waals surface area contributed by atoms with Crippen LogP contribution in [0.1, 0.15) is 37.2 Å². The summed E-state index contributed by atoms with van der Waals surface area (Å²) in [5.74, 6) is 0.615. The van der Waals surface area contributed by atoms with E-state index < -0.39 is 0 Å². The first-order valence-corrected chi connectivity index (χ1v) is 9.11. The summed E-state index contributed by atoms with van der Waals surface area (Å²) in [6, 6.07) is 3.79. The molecule has 132 valence electrons. The molecule has 2 aromatic rings. The quantitative estimate of drug-likeness (QED) is 0.568. The highest BCUT2D eigenvalue weighted by atomic mass is 32.2. The van der Waals surface area contributed by atoms with Gasteiger partial charge in [0, 0.05) is 24.3 Å². The summed E-state index contributed by atoms with van der Waals surface area (Å²) in [4.78, 5) is 32.1. The molecule has 1 saturated carbocycles. The van der Waals surface area contributed by atoms with Crippen molar-refractivity contribution in [3.05, 3.63) is 30.4 Å². The van der Waals surface area contributed by atoms with E-state index in [4.69, 9.17) is 0 Å². The van der Waals surface area contributed by atoms with E-state index in [-0.39, 0.29) is 29.7 Å². The number of nitrogens with zero attached hydrogens (tertiary/aromatic N) is 4. The van der Waals surface area contributed by atoms with Gasteiger partial charge in [0.25, 0.3) is 5.91 Å². The van der Waals surface area contributed by atoms with Crippen LogP contribution in [0.2, 0.25) is 0 Å². The van der Waals surface area contributed by atoms with Crippen LogP contribution >= 0.6 is 11.8 Å². The van der Waals surface area contributed by atoms with Crippen LogP contribution in [-0.2, 0) is 4.79 Å². The second kappa shape index (κ2) is 7.64. The summed E-state index contributed by atoms with van der Waals surface area (Å²) in [5.41, 5.74) is 0.357. The van der Waals surface area contributed by atoms with Gasteiger partial charge >= 0.3 is 0 Å². The summed E-state index contributed by atoms with van der Waals surface area (Å²) in [6.45, 7) is 3.83. The largest absolute Gasteiger partial charge is 0.353 e. The van der Waals surface area contributed by atoms with Crippen molar-refractivity contribution in [2.75, 3.05) is 5.75 Å². The van der Waals surface area contributed by atoms with Crippen molar-refractivity contribution < 1.29 is 9.59 Å². The molecular weight excluding hydrogens is 340 g/mol. The summed E-state index contributed by atoms with van der Waals surface area (Å²) < 4.78 is 1.53. The molecule has 1 fully saturated rings. The minimum absolute atomic E-state index is 0.0433. The molecular formula is C16H20N6O2S. The van der Waals surface area contributed by atoms with Gasteiger partial charge in [0.15, 0.2) is 11.5 Å². The monoisotopic (exact) mass is 360 g/mol. The lowest BCUT2D eigenvalue weighted by Crippen LogP contribution is -2.31. The highest BCUT2D eigenvalue weighted by Gasteiger charge is 2.24. The summed E-state index contributed by atoms with van der Waals surface area (Å²) in [5, 5.41) is 10.7. The highest BCUT2D eigenvalue weighted by Crippen LogP contribution is 2.19. The first-order valence-electron chi connectivity index (χ1n) is 8.12. The van der Waals surface area contributed by atoms with Crippen LogP contribution in [0.5, 0.6) is 0 Å². The van der Waals surface area contributed by atoms with Crippen LogP contribution in [0.25, 0.3) is 5.82 Å². The van der Waals surface area contributed by atoms with E-state index in [2.05, 4.69) is 25.7 Å². The van der Waals surface area contributed by atoms with Crippen molar-refractivity contribution >= 4 is 23.6 Å². The van der Waals surface area contributed by atoms with Gasteiger partial charge < -0.3 is 10.6 Å². The van der Waals surface area contributed by atoms with Gasteiger partial charge in [-0.2, -0.15) is 5.10 Å². The minimum Gasteiger partial charge on any atom is -0.353 e. The van der Waals surface area contributed by atoms with E-state index in [0.29, 0.717) is 16.5 Å². The predicted octanol–water partition coefficient (Wildman–Crippen LogP) is 1.17. The Balaban J connectivity index is 1.63. The van der Waals surface area contributed by atoms with Crippen LogP contribution in [0.3, 0.4) is 0 Å². The zero-order valence-corrected chi connectivity index (χ0v) is 14.9. The molecule has 2 amide bonds. The second-order valence-corrected chi connectivity index (χ2v) is 7.11. The minimum atomic E-state index is -0.171. The number of thioether (sulfide) groups is 1. The molecule has 1 aliphatic rings. The Kier molecular flexibility index (Phi) is 5.32. The maximum Gasteiger partial charge on any atom is 0.272 e. The molecule has 25 heavy (non-hydrogen) atoms. The molecule has 1 aliphatic carbocycles. The van der Waals surface area contributed by atoms with Gasteiger partial charge in [-0.1, -0.05) is 11.8 Å². The van der Waals surface area contributed by atoms with Crippen LogP contribution in [-0.4, -0.2) is 49.4 Å². The third kappa shape index (κ3) is 5.02. The molecule has 0 saturated heterocycles. The molecule has 3 rings (SSSR count). The number of rotatable bonds is 7. The zero-order valence-electron chi connectivity index (χ0n) is 14.1. The van der Waals surface area contributed by atoms with E-state index in [1.807, 2.05) is 13.8 Å². The number of carbonyl (C=O) groups excluding carboxylic acids is 2. The molecule has 8 nitrogen and oxygen atoms in total. The lowest BCUT2D eigenvalue weighted by atomic mass is 10.4. The normalized spacial score (nSPS) is 13.7. The molecule has 0 aliphatic heterocycles. The number of hydrogen-bond acceptors (Lipinski definition) is 6. The van der Waals surface area contributed by atoms with E-state index in [9.17, 15) is 9.59 Å². The number of amides is 2. The maximum atomic E-state index is 12.0. The highest BCUT2D eigenvalue weighted by molar-refractivity contribution is 7.99. The van der Waals surface area contributed by atoms with E-state index >= 15 is 0 Å². The van der Waals surface area contributed by atoms with E-state index in [0.717, 1.165) is 12.8 Å². The van der Waals surface area contributed by atoms with Crippen molar-refractivity contribution in [2.45, 2.75) is 43.8 Å². The van der Waals surface area contributed by atoms with Crippen molar-refractivity contribution in [1.29, 1.82) is 0 Å². The van der Waals surface area contributed by atoms with E-state index in [1.165, 1.54) is 22.8 Å². The fourth-order valence-electron chi connectivity index (χ4n) is 2.10. The van der Waals surface area contributed by atoms with Gasteiger partial charge in [0.1, 0.15) is 11.4 Å². The lowest BCUT2D eigenvalue weighted by Gasteiger charge is -2.08. The van der Waals surface area contributed by atoms with Crippen molar-refractivity contribution in [3.8, 4) is 5.82 Å². The Morgan fingerprint density at radius 3 is 2.88 bits per heavy atom. The summed E-state index contributed by atoms with van der Waals surface area (Å²) >= 11 is 1.33. The fraction of sp³-hybridized carbons (Fsp3) is 0.438. The Bertz CT molecular complexity index is 771. The standard InChI is InChI=1S/C16H20N6O2S/c1-10(2)19-14(23)8-25-15-7-13(17-9-18-15)22-6-5-12(21-22)16(24)20-11-3-4-11/h5-7,9-11H,3-4,8H2,1-2H3,(H,19,23)(H,20,24). The first kappa shape index (κ1) is 17.4. The predicted molar refractivity (Wildman–Crippen MR) is 93.6 cm³/mol. The van der Waals surface area contributed by atoms with Crippen molar-refractivity contribution in [1.82, 2.24) is 30.4 Å². The molecule has 0 bridgehead atoms. The second-order valence-electron chi connectivity index (χ2n) is 6.12. The van der Waals surface area contributed by atoms with Crippen LogP contribution in [0.15, 0.2) is 29.7 Å². The summed E-state index contributed by atoms with van der Waals surface area (Å²) in [7, 11) is 0. The smallest absolute Gasteiger partial charge is 0.272 e. The van der Waals surface area contributed by atoms with Crippen LogP contribution < -0.4 is 10.6 Å². The molecule has 2 aromatic heterocycles. The lowest BCUT2D eigenvalue weighted by molar-refractivity contribution is -0.119. The fourth-order valence-corrected chi connectivity index (χ4v) is 2.77. The zero-order chi connectivity index (χ0) is 17.8. The van der Waals surface area contributed by atoms with Gasteiger partial charge in [-0.3, -0.25) is 9.59 Å². The molecule has 2 heterocycles. The first-order chi connectivity index (χ1) is 12.0. The Labute approximate surface area is 149 Å². The Morgan fingerprint density at radius 1 is 1.36 bits per heavy atom. The Morgan fingerprint density at radius 2 is 2.16 bits per heavy atom. The van der Waals surface area contributed by atoms with Crippen molar-refractivity contribution in [3.63, 3.8) is 0 Å².